The van der Waals surface area contributed by atoms with Crippen molar-refractivity contribution in [2.45, 2.75) is 0 Å². The summed E-state index contributed by atoms with van der Waals surface area (Å²) < 4.78 is 13.0. The number of hydrogen-bond acceptors (Lipinski definition) is 3. The maximum absolute atomic E-state index is 13.0. The molecule has 0 radical (unpaired) electrons. The molecule has 0 atom stereocenters. The van der Waals surface area contributed by atoms with Crippen LogP contribution in [0.15, 0.2) is 66.7 Å². The predicted octanol–water partition coefficient (Wildman–Crippen LogP) is 5.16. The van der Waals surface area contributed by atoms with Gasteiger partial charge in [-0.3, -0.25) is 0 Å². The van der Waals surface area contributed by atoms with Crippen LogP contribution in [0.25, 0.3) is 31.9 Å². The zero-order valence-corrected chi connectivity index (χ0v) is 12.3. The molecule has 4 heteroatoms. The molecule has 1 aromatic heterocycles. The smallest absolute Gasteiger partial charge is 0.148 e. The molecule has 0 amide bonds. The van der Waals surface area contributed by atoms with Gasteiger partial charge in [0.15, 0.2) is 0 Å². The van der Waals surface area contributed by atoms with E-state index in [0.717, 1.165) is 21.1 Å². The van der Waals surface area contributed by atoms with E-state index < -0.39 is 0 Å². The second kappa shape index (κ2) is 5.31. The molecule has 4 aromatic rings. The highest BCUT2D eigenvalue weighted by molar-refractivity contribution is 7.17. The number of aromatic nitrogens is 2. The lowest BCUT2D eigenvalue weighted by atomic mass is 10.1. The molecule has 106 valence electrons. The van der Waals surface area contributed by atoms with E-state index >= 15 is 0 Å². The number of nitrogens with zero attached hydrogens (tertiary/aromatic N) is 2. The van der Waals surface area contributed by atoms with Gasteiger partial charge < -0.3 is 0 Å². The van der Waals surface area contributed by atoms with Crippen LogP contribution < -0.4 is 0 Å². The Morgan fingerprint density at radius 1 is 0.682 bits per heavy atom. The van der Waals surface area contributed by atoms with E-state index in [4.69, 9.17) is 0 Å². The van der Waals surface area contributed by atoms with Crippen molar-refractivity contribution in [3.63, 3.8) is 0 Å². The third kappa shape index (κ3) is 2.38. The molecule has 4 rings (SSSR count). The van der Waals surface area contributed by atoms with Crippen molar-refractivity contribution in [3.05, 3.63) is 72.5 Å². The average Bonchev–Trinajstić information content (AvgIpc) is 3.05. The van der Waals surface area contributed by atoms with Gasteiger partial charge in [-0.05, 0) is 41.1 Å². The van der Waals surface area contributed by atoms with Crippen LogP contribution in [0.3, 0.4) is 0 Å². The summed E-state index contributed by atoms with van der Waals surface area (Å²) in [5, 5.41) is 12.5. The van der Waals surface area contributed by atoms with E-state index in [1.54, 1.807) is 12.1 Å². The van der Waals surface area contributed by atoms with Crippen LogP contribution in [0.5, 0.6) is 0 Å². The minimum atomic E-state index is -0.247. The second-order valence-electron chi connectivity index (χ2n) is 4.98. The molecular weight excluding hydrogens is 295 g/mol. The van der Waals surface area contributed by atoms with Gasteiger partial charge in [0.1, 0.15) is 15.8 Å². The van der Waals surface area contributed by atoms with E-state index in [-0.39, 0.29) is 5.82 Å². The minimum absolute atomic E-state index is 0.247. The first-order valence-electron chi connectivity index (χ1n) is 6.88. The van der Waals surface area contributed by atoms with Crippen molar-refractivity contribution in [3.8, 4) is 21.1 Å². The molecule has 0 saturated heterocycles. The highest BCUT2D eigenvalue weighted by atomic mass is 32.1. The van der Waals surface area contributed by atoms with Crippen LogP contribution >= 0.6 is 11.3 Å². The number of rotatable bonds is 2. The van der Waals surface area contributed by atoms with E-state index in [0.29, 0.717) is 0 Å². The summed E-state index contributed by atoms with van der Waals surface area (Å²) in [6, 6.07) is 20.8. The maximum Gasteiger partial charge on any atom is 0.148 e. The number of benzene rings is 3. The molecule has 0 saturated carbocycles. The number of halogens is 1. The van der Waals surface area contributed by atoms with E-state index in [2.05, 4.69) is 40.5 Å². The Balaban J connectivity index is 1.74. The molecule has 0 spiro atoms. The van der Waals surface area contributed by atoms with Crippen LogP contribution in [0.4, 0.5) is 4.39 Å². The molecule has 0 aliphatic heterocycles. The molecule has 0 N–H and O–H groups in total. The summed E-state index contributed by atoms with van der Waals surface area (Å²) in [7, 11) is 0. The fourth-order valence-corrected chi connectivity index (χ4v) is 3.22. The molecule has 0 aliphatic carbocycles. The molecular formula is C18H11FN2S. The Hall–Kier alpha value is -2.59. The molecule has 0 fully saturated rings. The molecule has 22 heavy (non-hydrogen) atoms. The molecule has 2 nitrogen and oxygen atoms in total. The Morgan fingerprint density at radius 2 is 1.32 bits per heavy atom. The van der Waals surface area contributed by atoms with Crippen LogP contribution in [0, 0.1) is 5.82 Å². The van der Waals surface area contributed by atoms with Gasteiger partial charge in [-0.1, -0.05) is 47.7 Å². The summed E-state index contributed by atoms with van der Waals surface area (Å²) in [6.45, 7) is 0. The Morgan fingerprint density at radius 3 is 2.09 bits per heavy atom. The third-order valence-electron chi connectivity index (χ3n) is 3.51. The van der Waals surface area contributed by atoms with Gasteiger partial charge in [-0.2, -0.15) is 0 Å². The molecule has 0 aliphatic rings. The van der Waals surface area contributed by atoms with Crippen molar-refractivity contribution >= 4 is 22.1 Å². The van der Waals surface area contributed by atoms with Crippen LogP contribution in [0.1, 0.15) is 0 Å². The van der Waals surface area contributed by atoms with Gasteiger partial charge in [-0.25, -0.2) is 4.39 Å². The first kappa shape index (κ1) is 13.1. The summed E-state index contributed by atoms with van der Waals surface area (Å²) in [6.07, 6.45) is 0. The van der Waals surface area contributed by atoms with E-state index in [9.17, 15) is 4.39 Å². The fraction of sp³-hybridized carbons (Fsp3) is 0. The topological polar surface area (TPSA) is 25.8 Å². The Bertz CT molecular complexity index is 945. The fourth-order valence-electron chi connectivity index (χ4n) is 2.37. The number of hydrogen-bond donors (Lipinski definition) is 0. The summed E-state index contributed by atoms with van der Waals surface area (Å²) in [5.74, 6) is -0.247. The third-order valence-corrected chi connectivity index (χ3v) is 4.53. The van der Waals surface area contributed by atoms with Crippen LogP contribution in [0.2, 0.25) is 0 Å². The standard InChI is InChI=1S/C18H11FN2S/c19-16-9-7-13(8-10-16)17-20-21-18(22-17)15-6-5-12-3-1-2-4-14(12)11-15/h1-11H. The highest BCUT2D eigenvalue weighted by Gasteiger charge is 2.09. The van der Waals surface area contributed by atoms with Gasteiger partial charge in [0.2, 0.25) is 0 Å². The average molecular weight is 306 g/mol. The zero-order chi connectivity index (χ0) is 14.9. The predicted molar refractivity (Wildman–Crippen MR) is 88.2 cm³/mol. The summed E-state index contributed by atoms with van der Waals surface area (Å²) in [5.41, 5.74) is 1.93. The molecule has 0 unspecified atom stereocenters. The molecule has 3 aromatic carbocycles. The van der Waals surface area contributed by atoms with Gasteiger partial charge in [0.05, 0.1) is 0 Å². The normalized spacial score (nSPS) is 11.0. The maximum atomic E-state index is 13.0. The Kier molecular flexibility index (Phi) is 3.16. The lowest BCUT2D eigenvalue weighted by Gasteiger charge is -1.99. The first-order valence-corrected chi connectivity index (χ1v) is 7.70. The van der Waals surface area contributed by atoms with Crippen molar-refractivity contribution < 1.29 is 4.39 Å². The number of fused-ring (bicyclic) bond motifs is 1. The van der Waals surface area contributed by atoms with Gasteiger partial charge in [0.25, 0.3) is 0 Å². The summed E-state index contributed by atoms with van der Waals surface area (Å²) >= 11 is 1.51. The van der Waals surface area contributed by atoms with E-state index in [1.807, 2.05) is 12.1 Å². The van der Waals surface area contributed by atoms with Crippen LogP contribution in [-0.2, 0) is 0 Å². The molecule has 1 heterocycles. The lowest BCUT2D eigenvalue weighted by molar-refractivity contribution is 0.628. The van der Waals surface area contributed by atoms with Gasteiger partial charge in [-0.15, -0.1) is 10.2 Å². The minimum Gasteiger partial charge on any atom is -0.207 e. The van der Waals surface area contributed by atoms with Crippen molar-refractivity contribution in [2.24, 2.45) is 0 Å². The highest BCUT2D eigenvalue weighted by Crippen LogP contribution is 2.31. The van der Waals surface area contributed by atoms with Gasteiger partial charge >= 0.3 is 0 Å². The van der Waals surface area contributed by atoms with Crippen molar-refractivity contribution in [1.29, 1.82) is 0 Å². The van der Waals surface area contributed by atoms with Crippen LogP contribution in [-0.4, -0.2) is 10.2 Å². The monoisotopic (exact) mass is 306 g/mol. The van der Waals surface area contributed by atoms with Crippen molar-refractivity contribution in [1.82, 2.24) is 10.2 Å². The second-order valence-corrected chi connectivity index (χ2v) is 5.96. The SMILES string of the molecule is Fc1ccc(-c2nnc(-c3ccc4ccccc4c3)s2)cc1. The summed E-state index contributed by atoms with van der Waals surface area (Å²) in [4.78, 5) is 0. The van der Waals surface area contributed by atoms with Crippen molar-refractivity contribution in [2.75, 3.05) is 0 Å². The quantitative estimate of drug-likeness (QED) is 0.511. The molecule has 0 bridgehead atoms. The largest absolute Gasteiger partial charge is 0.207 e. The van der Waals surface area contributed by atoms with E-state index in [1.165, 1.54) is 34.2 Å². The Labute approximate surface area is 130 Å². The van der Waals surface area contributed by atoms with Gasteiger partial charge in [0, 0.05) is 11.1 Å². The lowest BCUT2D eigenvalue weighted by Crippen LogP contribution is -1.79. The first-order chi connectivity index (χ1) is 10.8. The zero-order valence-electron chi connectivity index (χ0n) is 11.5.